The molecule has 0 aromatic heterocycles. The Hall–Kier alpha value is -2.70. The van der Waals surface area contributed by atoms with Crippen molar-refractivity contribution in [2.45, 2.75) is 90.6 Å². The molecule has 1 aliphatic rings. The van der Waals surface area contributed by atoms with Crippen molar-refractivity contribution in [3.63, 3.8) is 0 Å². The molecular weight excluding hydrogens is 532 g/mol. The monoisotopic (exact) mass is 569 g/mol. The standard InChI is InChI=1S/C26H37F6N3O4/c1-7-34(22(36)38-21(25(27,28)29)26(30,31)32)13-11-17(2)33(6)15-19-10-8-9-18-12-14-35(16-20(18)19)23(37)39-24(3,4)5/h8-10,17,21H,7,11-16H2,1-6H3. The maximum Gasteiger partial charge on any atom is 0.434 e. The highest BCUT2D eigenvalue weighted by Gasteiger charge is 2.60. The molecule has 0 radical (unpaired) electrons. The normalized spacial score (nSPS) is 15.3. The van der Waals surface area contributed by atoms with Crippen LogP contribution in [0.2, 0.25) is 0 Å². The number of hydrogen-bond acceptors (Lipinski definition) is 5. The lowest BCUT2D eigenvalue weighted by Gasteiger charge is -2.33. The minimum Gasteiger partial charge on any atom is -0.444 e. The second-order valence-electron chi connectivity index (χ2n) is 10.7. The van der Waals surface area contributed by atoms with Crippen LogP contribution in [0.5, 0.6) is 0 Å². The topological polar surface area (TPSA) is 62.3 Å². The van der Waals surface area contributed by atoms with E-state index < -0.39 is 36.2 Å². The van der Waals surface area contributed by atoms with Crippen molar-refractivity contribution in [1.82, 2.24) is 14.7 Å². The lowest BCUT2D eigenvalue weighted by Crippen LogP contribution is -2.48. The fourth-order valence-corrected chi connectivity index (χ4v) is 4.14. The average molecular weight is 570 g/mol. The molecule has 0 fully saturated rings. The quantitative estimate of drug-likeness (QED) is 0.352. The third kappa shape index (κ3) is 9.47. The first kappa shape index (κ1) is 32.5. The lowest BCUT2D eigenvalue weighted by molar-refractivity contribution is -0.308. The highest BCUT2D eigenvalue weighted by Crippen LogP contribution is 2.36. The summed E-state index contributed by atoms with van der Waals surface area (Å²) in [4.78, 5) is 29.2. The Kier molecular flexibility index (Phi) is 10.5. The minimum atomic E-state index is -5.77. The number of halogens is 6. The smallest absolute Gasteiger partial charge is 0.434 e. The van der Waals surface area contributed by atoms with Crippen LogP contribution in [0.3, 0.4) is 0 Å². The average Bonchev–Trinajstić information content (AvgIpc) is 2.80. The molecule has 1 aromatic carbocycles. The van der Waals surface area contributed by atoms with E-state index in [0.29, 0.717) is 26.1 Å². The van der Waals surface area contributed by atoms with E-state index in [4.69, 9.17) is 4.74 Å². The Morgan fingerprint density at radius 1 is 1.08 bits per heavy atom. The molecule has 7 nitrogen and oxygen atoms in total. The van der Waals surface area contributed by atoms with Gasteiger partial charge in [-0.3, -0.25) is 4.90 Å². The highest BCUT2D eigenvalue weighted by molar-refractivity contribution is 5.69. The van der Waals surface area contributed by atoms with Crippen molar-refractivity contribution in [3.05, 3.63) is 34.9 Å². The molecule has 13 heteroatoms. The van der Waals surface area contributed by atoms with Gasteiger partial charge < -0.3 is 19.3 Å². The van der Waals surface area contributed by atoms with E-state index in [1.165, 1.54) is 6.92 Å². The summed E-state index contributed by atoms with van der Waals surface area (Å²) < 4.78 is 86.0. The maximum absolute atomic E-state index is 12.8. The molecule has 0 bridgehead atoms. The van der Waals surface area contributed by atoms with Crippen LogP contribution in [-0.4, -0.2) is 83.7 Å². The van der Waals surface area contributed by atoms with E-state index in [-0.39, 0.29) is 25.6 Å². The first-order chi connectivity index (χ1) is 17.8. The molecule has 222 valence electrons. The molecule has 1 aliphatic heterocycles. The van der Waals surface area contributed by atoms with E-state index in [2.05, 4.69) is 4.74 Å². The molecule has 0 saturated heterocycles. The fourth-order valence-electron chi connectivity index (χ4n) is 4.14. The van der Waals surface area contributed by atoms with E-state index in [0.717, 1.165) is 21.6 Å². The van der Waals surface area contributed by atoms with Gasteiger partial charge in [-0.05, 0) is 71.2 Å². The zero-order valence-corrected chi connectivity index (χ0v) is 23.1. The predicted octanol–water partition coefficient (Wildman–Crippen LogP) is 6.14. The number of nitrogens with zero attached hydrogens (tertiary/aromatic N) is 3. The molecule has 2 rings (SSSR count). The molecule has 1 heterocycles. The Morgan fingerprint density at radius 2 is 1.69 bits per heavy atom. The molecule has 2 amide bonds. The van der Waals surface area contributed by atoms with Gasteiger partial charge in [-0.15, -0.1) is 0 Å². The highest BCUT2D eigenvalue weighted by atomic mass is 19.4. The van der Waals surface area contributed by atoms with Crippen LogP contribution < -0.4 is 0 Å². The van der Waals surface area contributed by atoms with Crippen molar-refractivity contribution in [3.8, 4) is 0 Å². The summed E-state index contributed by atoms with van der Waals surface area (Å²) in [5.41, 5.74) is 2.50. The minimum absolute atomic E-state index is 0.0946. The molecule has 0 N–H and O–H groups in total. The molecule has 1 aromatic rings. The molecule has 0 spiro atoms. The third-order valence-corrected chi connectivity index (χ3v) is 6.46. The molecule has 0 saturated carbocycles. The van der Waals surface area contributed by atoms with Crippen LogP contribution in [0.4, 0.5) is 35.9 Å². The fraction of sp³-hybridized carbons (Fsp3) is 0.692. The van der Waals surface area contributed by atoms with Gasteiger partial charge in [0.05, 0.1) is 0 Å². The Morgan fingerprint density at radius 3 is 2.23 bits per heavy atom. The van der Waals surface area contributed by atoms with Gasteiger partial charge in [0.2, 0.25) is 0 Å². The predicted molar refractivity (Wildman–Crippen MR) is 132 cm³/mol. The second-order valence-corrected chi connectivity index (χ2v) is 10.7. The van der Waals surface area contributed by atoms with Gasteiger partial charge in [-0.25, -0.2) is 9.59 Å². The lowest BCUT2D eigenvalue weighted by atomic mass is 9.94. The van der Waals surface area contributed by atoms with Crippen molar-refractivity contribution >= 4 is 12.2 Å². The van der Waals surface area contributed by atoms with Crippen molar-refractivity contribution in [1.29, 1.82) is 0 Å². The summed E-state index contributed by atoms with van der Waals surface area (Å²) in [5, 5.41) is 0. The van der Waals surface area contributed by atoms with E-state index in [9.17, 15) is 35.9 Å². The zero-order chi connectivity index (χ0) is 29.8. The Bertz CT molecular complexity index is 979. The van der Waals surface area contributed by atoms with Gasteiger partial charge in [0.25, 0.3) is 6.10 Å². The molecule has 1 atom stereocenters. The van der Waals surface area contributed by atoms with Crippen LogP contribution in [-0.2, 0) is 29.0 Å². The first-order valence-electron chi connectivity index (χ1n) is 12.7. The van der Waals surface area contributed by atoms with Crippen LogP contribution in [0.25, 0.3) is 0 Å². The van der Waals surface area contributed by atoms with Gasteiger partial charge in [0.1, 0.15) is 5.60 Å². The van der Waals surface area contributed by atoms with Crippen molar-refractivity contribution in [2.24, 2.45) is 0 Å². The summed E-state index contributed by atoms with van der Waals surface area (Å²) in [5.74, 6) is 0. The number of ether oxygens (including phenoxy) is 2. The zero-order valence-electron chi connectivity index (χ0n) is 23.1. The summed E-state index contributed by atoms with van der Waals surface area (Å²) in [7, 11) is 1.83. The van der Waals surface area contributed by atoms with Gasteiger partial charge in [0, 0.05) is 38.8 Å². The Balaban J connectivity index is 2.02. The summed E-state index contributed by atoms with van der Waals surface area (Å²) in [6, 6.07) is 5.70. The van der Waals surface area contributed by atoms with Crippen LogP contribution in [0.15, 0.2) is 18.2 Å². The SMILES string of the molecule is CCN(CCC(C)N(C)Cc1cccc2c1CN(C(=O)OC(C)(C)C)CC2)C(=O)OC(C(F)(F)F)C(F)(F)F. The maximum atomic E-state index is 12.8. The van der Waals surface area contributed by atoms with E-state index in [1.54, 1.807) is 25.7 Å². The molecule has 1 unspecified atom stereocenters. The van der Waals surface area contributed by atoms with Gasteiger partial charge in [-0.1, -0.05) is 18.2 Å². The number of carbonyl (C=O) groups is 2. The van der Waals surface area contributed by atoms with Gasteiger partial charge in [0.15, 0.2) is 0 Å². The largest absolute Gasteiger partial charge is 0.444 e. The number of hydrogen-bond donors (Lipinski definition) is 0. The molecule has 39 heavy (non-hydrogen) atoms. The first-order valence-corrected chi connectivity index (χ1v) is 12.7. The summed E-state index contributed by atoms with van der Waals surface area (Å²) in [6.07, 6.45) is -16.8. The van der Waals surface area contributed by atoms with Gasteiger partial charge >= 0.3 is 24.5 Å². The van der Waals surface area contributed by atoms with Crippen LogP contribution in [0, 0.1) is 0 Å². The van der Waals surface area contributed by atoms with E-state index in [1.807, 2.05) is 37.1 Å². The number of amides is 2. The van der Waals surface area contributed by atoms with Crippen LogP contribution in [0.1, 0.15) is 57.7 Å². The third-order valence-electron chi connectivity index (χ3n) is 6.46. The van der Waals surface area contributed by atoms with E-state index >= 15 is 0 Å². The van der Waals surface area contributed by atoms with Crippen LogP contribution >= 0.6 is 0 Å². The van der Waals surface area contributed by atoms with Crippen molar-refractivity contribution in [2.75, 3.05) is 26.7 Å². The number of fused-ring (bicyclic) bond motifs is 1. The molecular formula is C26H37F6N3O4. The van der Waals surface area contributed by atoms with Crippen molar-refractivity contribution < 1.29 is 45.4 Å². The Labute approximate surface area is 225 Å². The molecule has 0 aliphatic carbocycles. The second kappa shape index (κ2) is 12.6. The number of carbonyl (C=O) groups excluding carboxylic acids is 2. The number of rotatable bonds is 8. The van der Waals surface area contributed by atoms with Gasteiger partial charge in [-0.2, -0.15) is 26.3 Å². The number of benzene rings is 1. The summed E-state index contributed by atoms with van der Waals surface area (Å²) >= 11 is 0. The summed E-state index contributed by atoms with van der Waals surface area (Å²) in [6.45, 7) is 9.87. The number of alkyl halides is 6.